The van der Waals surface area contributed by atoms with Crippen molar-refractivity contribution in [2.24, 2.45) is 0 Å². The van der Waals surface area contributed by atoms with E-state index in [1.54, 1.807) is 22.3 Å². The summed E-state index contributed by atoms with van der Waals surface area (Å²) in [4.78, 5) is 28.3. The van der Waals surface area contributed by atoms with Crippen molar-refractivity contribution in [3.05, 3.63) is 82.6 Å². The molecule has 2 aromatic carbocycles. The van der Waals surface area contributed by atoms with E-state index in [0.29, 0.717) is 24.4 Å². The average Bonchev–Trinajstić information content (AvgIpc) is 3.25. The number of ether oxygens (including phenoxy) is 1. The van der Waals surface area contributed by atoms with Crippen LogP contribution in [0.25, 0.3) is 0 Å². The third kappa shape index (κ3) is 4.07. The number of benzene rings is 2. The molecule has 0 aliphatic carbocycles. The predicted molar refractivity (Wildman–Crippen MR) is 110 cm³/mol. The Kier molecular flexibility index (Phi) is 5.39. The number of carbonyl (C=O) groups excluding carboxylic acids is 2. The zero-order chi connectivity index (χ0) is 19.3. The quantitative estimate of drug-likeness (QED) is 0.724. The molecule has 6 heteroatoms. The van der Waals surface area contributed by atoms with Crippen molar-refractivity contribution in [2.45, 2.75) is 19.1 Å². The van der Waals surface area contributed by atoms with E-state index in [0.717, 1.165) is 10.4 Å². The minimum atomic E-state index is -0.745. The van der Waals surface area contributed by atoms with Crippen molar-refractivity contribution in [3.63, 3.8) is 0 Å². The molecule has 1 N–H and O–H groups in total. The summed E-state index contributed by atoms with van der Waals surface area (Å²) >= 11 is 1.55. The lowest BCUT2D eigenvalue weighted by molar-refractivity contribution is -0.128. The number of para-hydroxylation sites is 2. The number of amides is 2. The van der Waals surface area contributed by atoms with E-state index in [-0.39, 0.29) is 18.4 Å². The zero-order valence-corrected chi connectivity index (χ0v) is 16.0. The van der Waals surface area contributed by atoms with E-state index in [1.165, 1.54) is 0 Å². The maximum atomic E-state index is 12.9. The van der Waals surface area contributed by atoms with Gasteiger partial charge in [0, 0.05) is 11.4 Å². The molecule has 28 heavy (non-hydrogen) atoms. The Hall–Kier alpha value is -3.12. The highest BCUT2D eigenvalue weighted by molar-refractivity contribution is 7.10. The molecule has 142 valence electrons. The smallest absolute Gasteiger partial charge is 0.263 e. The van der Waals surface area contributed by atoms with Gasteiger partial charge in [0.25, 0.3) is 5.91 Å². The second-order valence-corrected chi connectivity index (χ2v) is 7.57. The Balaban J connectivity index is 1.49. The van der Waals surface area contributed by atoms with E-state index in [4.69, 9.17) is 4.74 Å². The summed E-state index contributed by atoms with van der Waals surface area (Å²) in [5.41, 5.74) is 1.72. The molecule has 0 spiro atoms. The van der Waals surface area contributed by atoms with Crippen molar-refractivity contribution < 1.29 is 14.3 Å². The zero-order valence-electron chi connectivity index (χ0n) is 15.2. The second-order valence-electron chi connectivity index (χ2n) is 6.54. The first-order valence-corrected chi connectivity index (χ1v) is 9.99. The lowest BCUT2D eigenvalue weighted by Gasteiger charge is -2.34. The third-order valence-corrected chi connectivity index (χ3v) is 5.46. The number of nitrogens with one attached hydrogen (secondary N) is 1. The molecule has 0 bridgehead atoms. The first kappa shape index (κ1) is 18.3. The first-order chi connectivity index (χ1) is 13.7. The number of thiophene rings is 1. The van der Waals surface area contributed by atoms with E-state index < -0.39 is 6.10 Å². The Labute approximate surface area is 167 Å². The minimum Gasteiger partial charge on any atom is -0.477 e. The van der Waals surface area contributed by atoms with Crippen LogP contribution in [0.4, 0.5) is 5.69 Å². The van der Waals surface area contributed by atoms with Crippen LogP contribution < -0.4 is 15.0 Å². The van der Waals surface area contributed by atoms with Crippen LogP contribution in [0.15, 0.2) is 72.1 Å². The fraction of sp³-hybridized carbons (Fsp3) is 0.182. The molecule has 0 saturated heterocycles. The highest BCUT2D eigenvalue weighted by Gasteiger charge is 2.33. The number of anilines is 1. The molecule has 3 aromatic rings. The molecule has 5 nitrogen and oxygen atoms in total. The Morgan fingerprint density at radius 3 is 2.61 bits per heavy atom. The van der Waals surface area contributed by atoms with Crippen LogP contribution in [-0.4, -0.2) is 24.5 Å². The summed E-state index contributed by atoms with van der Waals surface area (Å²) in [5, 5.41) is 4.86. The van der Waals surface area contributed by atoms with Crippen LogP contribution in [0.1, 0.15) is 10.4 Å². The average molecular weight is 392 g/mol. The summed E-state index contributed by atoms with van der Waals surface area (Å²) in [5.74, 6) is 0.277. The largest absolute Gasteiger partial charge is 0.477 e. The van der Waals surface area contributed by atoms with E-state index >= 15 is 0 Å². The van der Waals surface area contributed by atoms with Crippen molar-refractivity contribution in [1.29, 1.82) is 0 Å². The summed E-state index contributed by atoms with van der Waals surface area (Å²) in [7, 11) is 0. The van der Waals surface area contributed by atoms with Crippen molar-refractivity contribution in [1.82, 2.24) is 5.32 Å². The lowest BCUT2D eigenvalue weighted by atomic mass is 10.1. The molecule has 4 rings (SSSR count). The topological polar surface area (TPSA) is 58.6 Å². The summed E-state index contributed by atoms with van der Waals surface area (Å²) in [6.07, 6.45) is -0.435. The molecule has 2 heterocycles. The van der Waals surface area contributed by atoms with Gasteiger partial charge in [-0.05, 0) is 29.1 Å². The normalized spacial score (nSPS) is 15.4. The van der Waals surface area contributed by atoms with Crippen molar-refractivity contribution >= 4 is 28.8 Å². The Morgan fingerprint density at radius 1 is 1.04 bits per heavy atom. The maximum absolute atomic E-state index is 12.9. The fourth-order valence-corrected chi connectivity index (χ4v) is 3.86. The van der Waals surface area contributed by atoms with Gasteiger partial charge in [-0.25, -0.2) is 0 Å². The van der Waals surface area contributed by atoms with Gasteiger partial charge in [-0.15, -0.1) is 11.3 Å². The minimum absolute atomic E-state index is 0.0425. The molecule has 1 aliphatic heterocycles. The van der Waals surface area contributed by atoms with Gasteiger partial charge in [0.15, 0.2) is 6.10 Å². The van der Waals surface area contributed by atoms with Gasteiger partial charge in [-0.3, -0.25) is 9.59 Å². The van der Waals surface area contributed by atoms with Gasteiger partial charge in [0.05, 0.1) is 18.7 Å². The number of rotatable bonds is 5. The van der Waals surface area contributed by atoms with Gasteiger partial charge in [0.1, 0.15) is 5.75 Å². The molecule has 0 unspecified atom stereocenters. The Bertz CT molecular complexity index is 957. The third-order valence-electron chi connectivity index (χ3n) is 4.58. The summed E-state index contributed by atoms with van der Waals surface area (Å²) in [6, 6.07) is 20.9. The van der Waals surface area contributed by atoms with Gasteiger partial charge in [-0.1, -0.05) is 48.5 Å². The van der Waals surface area contributed by atoms with Crippen molar-refractivity contribution in [2.75, 3.05) is 11.4 Å². The number of hydrogen-bond donors (Lipinski definition) is 1. The molecule has 0 fully saturated rings. The molecular formula is C22H20N2O3S. The molecule has 2 amide bonds. The number of fused-ring (bicyclic) bond motifs is 1. The van der Waals surface area contributed by atoms with Gasteiger partial charge in [0.2, 0.25) is 5.91 Å². The van der Waals surface area contributed by atoms with Gasteiger partial charge < -0.3 is 15.0 Å². The van der Waals surface area contributed by atoms with Crippen LogP contribution in [-0.2, 0) is 22.6 Å². The molecule has 0 radical (unpaired) electrons. The maximum Gasteiger partial charge on any atom is 0.263 e. The Morgan fingerprint density at radius 2 is 1.82 bits per heavy atom. The first-order valence-electron chi connectivity index (χ1n) is 9.11. The van der Waals surface area contributed by atoms with E-state index in [9.17, 15) is 9.59 Å². The molecule has 1 aromatic heterocycles. The summed E-state index contributed by atoms with van der Waals surface area (Å²) in [6.45, 7) is 0.617. The van der Waals surface area contributed by atoms with E-state index in [1.807, 2.05) is 66.0 Å². The number of nitrogens with zero attached hydrogens (tertiary/aromatic N) is 1. The molecule has 0 saturated carbocycles. The summed E-state index contributed by atoms with van der Waals surface area (Å²) < 4.78 is 5.89. The van der Waals surface area contributed by atoms with Gasteiger partial charge >= 0.3 is 0 Å². The van der Waals surface area contributed by atoms with Crippen LogP contribution in [0.2, 0.25) is 0 Å². The number of hydrogen-bond acceptors (Lipinski definition) is 4. The van der Waals surface area contributed by atoms with Gasteiger partial charge in [-0.2, -0.15) is 0 Å². The fourth-order valence-electron chi connectivity index (χ4n) is 3.16. The molecule has 1 aliphatic rings. The standard InChI is InChI=1S/C22H20N2O3S/c25-21(13-17-9-6-12-28-17)24-15-20(27-19-11-5-4-10-18(19)24)22(26)23-14-16-7-2-1-3-8-16/h1-12,20H,13-15H2,(H,23,26)/t20-/m1/s1. The SMILES string of the molecule is O=C(NCc1ccccc1)[C@H]1CN(C(=O)Cc2cccs2)c2ccccc2O1. The predicted octanol–water partition coefficient (Wildman–Crippen LogP) is 3.40. The molecule has 1 atom stereocenters. The highest BCUT2D eigenvalue weighted by Crippen LogP contribution is 2.33. The van der Waals surface area contributed by atoms with E-state index in [2.05, 4.69) is 5.32 Å². The van der Waals surface area contributed by atoms with Crippen LogP contribution in [0.5, 0.6) is 5.75 Å². The molecular weight excluding hydrogens is 372 g/mol. The number of carbonyl (C=O) groups is 2. The van der Waals surface area contributed by atoms with Crippen molar-refractivity contribution in [3.8, 4) is 5.75 Å². The monoisotopic (exact) mass is 392 g/mol. The second kappa shape index (κ2) is 8.27. The lowest BCUT2D eigenvalue weighted by Crippen LogP contribution is -2.51. The highest BCUT2D eigenvalue weighted by atomic mass is 32.1. The van der Waals surface area contributed by atoms with Crippen LogP contribution in [0.3, 0.4) is 0 Å². The van der Waals surface area contributed by atoms with Crippen LogP contribution in [0, 0.1) is 0 Å². The van der Waals surface area contributed by atoms with Crippen LogP contribution >= 0.6 is 11.3 Å².